The molecule has 0 bridgehead atoms. The van der Waals surface area contributed by atoms with Gasteiger partial charge in [-0.05, 0) is 6.92 Å². The molecule has 0 aliphatic rings. The predicted molar refractivity (Wildman–Crippen MR) is 71.5 cm³/mol. The third-order valence-corrected chi connectivity index (χ3v) is 3.48. The van der Waals surface area contributed by atoms with Crippen molar-refractivity contribution in [2.75, 3.05) is 18.2 Å². The van der Waals surface area contributed by atoms with E-state index in [4.69, 9.17) is 10.5 Å². The van der Waals surface area contributed by atoms with Crippen LogP contribution in [0.3, 0.4) is 0 Å². The number of hydrogen-bond acceptors (Lipinski definition) is 5. The minimum atomic E-state index is -0.470. The number of benzene rings is 1. The van der Waals surface area contributed by atoms with Gasteiger partial charge in [0.05, 0.1) is 24.5 Å². The molecule has 0 aliphatic carbocycles. The second-order valence-electron chi connectivity index (χ2n) is 3.81. The van der Waals surface area contributed by atoms with Crippen LogP contribution < -0.4 is 15.8 Å². The van der Waals surface area contributed by atoms with Gasteiger partial charge in [0, 0.05) is 23.7 Å². The van der Waals surface area contributed by atoms with Crippen molar-refractivity contribution in [3.05, 3.63) is 34.5 Å². The Balaban J connectivity index is 2.23. The number of halogens is 1. The molecule has 3 N–H and O–H groups in total. The lowest BCUT2D eigenvalue weighted by Crippen LogP contribution is -2.08. The van der Waals surface area contributed by atoms with E-state index in [0.717, 1.165) is 5.01 Å². The third kappa shape index (κ3) is 2.53. The summed E-state index contributed by atoms with van der Waals surface area (Å²) in [5, 5.41) is 6.04. The molecule has 96 valence electrons. The molecule has 1 atom stereocenters. The van der Waals surface area contributed by atoms with Crippen molar-refractivity contribution < 1.29 is 9.13 Å². The van der Waals surface area contributed by atoms with Gasteiger partial charge in [-0.2, -0.15) is 0 Å². The molecule has 4 nitrogen and oxygen atoms in total. The minimum Gasteiger partial charge on any atom is -0.494 e. The Kier molecular flexibility index (Phi) is 3.66. The first-order chi connectivity index (χ1) is 8.61. The first-order valence-corrected chi connectivity index (χ1v) is 6.28. The molecule has 6 heteroatoms. The predicted octanol–water partition coefficient (Wildman–Crippen LogP) is 3.05. The number of nitrogens with one attached hydrogen (secondary N) is 1. The van der Waals surface area contributed by atoms with E-state index in [0.29, 0.717) is 11.4 Å². The second kappa shape index (κ2) is 5.22. The summed E-state index contributed by atoms with van der Waals surface area (Å²) in [6.45, 7) is 1.97. The standard InChI is InChI=1S/C12H14FN3OS/c1-7(12-15-3-4-18-12)16-10-6-11(17-2)8(13)5-9(10)14/h3-7,16H,14H2,1-2H3. The highest BCUT2D eigenvalue weighted by Crippen LogP contribution is 2.31. The average molecular weight is 267 g/mol. The summed E-state index contributed by atoms with van der Waals surface area (Å²) in [5.41, 5.74) is 6.75. The van der Waals surface area contributed by atoms with Crippen LogP contribution in [0.2, 0.25) is 0 Å². The van der Waals surface area contributed by atoms with E-state index < -0.39 is 5.82 Å². The van der Waals surface area contributed by atoms with Crippen LogP contribution in [0.25, 0.3) is 0 Å². The van der Waals surface area contributed by atoms with Gasteiger partial charge >= 0.3 is 0 Å². The first kappa shape index (κ1) is 12.6. The summed E-state index contributed by atoms with van der Waals surface area (Å²) in [4.78, 5) is 4.21. The summed E-state index contributed by atoms with van der Waals surface area (Å²) in [6, 6.07) is 2.80. The zero-order valence-corrected chi connectivity index (χ0v) is 10.9. The molecule has 2 aromatic rings. The molecule has 0 saturated heterocycles. The van der Waals surface area contributed by atoms with Crippen LogP contribution in [-0.4, -0.2) is 12.1 Å². The van der Waals surface area contributed by atoms with Crippen LogP contribution in [0.5, 0.6) is 5.75 Å². The first-order valence-electron chi connectivity index (χ1n) is 5.40. The van der Waals surface area contributed by atoms with Crippen molar-refractivity contribution in [2.45, 2.75) is 13.0 Å². The SMILES string of the molecule is COc1cc(NC(C)c2nccs2)c(N)cc1F. The van der Waals surface area contributed by atoms with Crippen LogP contribution in [0.15, 0.2) is 23.7 Å². The van der Waals surface area contributed by atoms with Crippen LogP contribution in [-0.2, 0) is 0 Å². The average Bonchev–Trinajstić information content (AvgIpc) is 2.86. The Labute approximate surface area is 109 Å². The molecular weight excluding hydrogens is 253 g/mol. The molecule has 1 unspecified atom stereocenters. The molecular formula is C12H14FN3OS. The Morgan fingerprint density at radius 3 is 2.89 bits per heavy atom. The minimum absolute atomic E-state index is 0.00228. The van der Waals surface area contributed by atoms with Gasteiger partial charge in [0.1, 0.15) is 5.01 Å². The Hall–Kier alpha value is -1.82. The molecule has 0 spiro atoms. The fourth-order valence-corrected chi connectivity index (χ4v) is 2.24. The Morgan fingerprint density at radius 1 is 1.50 bits per heavy atom. The van der Waals surface area contributed by atoms with Gasteiger partial charge in [0.25, 0.3) is 0 Å². The van der Waals surface area contributed by atoms with E-state index >= 15 is 0 Å². The Morgan fingerprint density at radius 2 is 2.28 bits per heavy atom. The number of hydrogen-bond donors (Lipinski definition) is 2. The maximum atomic E-state index is 13.4. The van der Waals surface area contributed by atoms with E-state index in [1.807, 2.05) is 12.3 Å². The number of ether oxygens (including phenoxy) is 1. The van der Waals surface area contributed by atoms with Crippen LogP contribution in [0.4, 0.5) is 15.8 Å². The molecule has 0 fully saturated rings. The molecule has 1 aromatic heterocycles. The summed E-state index contributed by atoms with van der Waals surface area (Å²) in [6.07, 6.45) is 1.74. The lowest BCUT2D eigenvalue weighted by molar-refractivity contribution is 0.387. The molecule has 2 rings (SSSR count). The van der Waals surface area contributed by atoms with Crippen LogP contribution in [0, 0.1) is 5.82 Å². The highest BCUT2D eigenvalue weighted by Gasteiger charge is 2.12. The maximum Gasteiger partial charge on any atom is 0.167 e. The summed E-state index contributed by atoms with van der Waals surface area (Å²) in [7, 11) is 1.42. The summed E-state index contributed by atoms with van der Waals surface area (Å²) >= 11 is 1.55. The second-order valence-corrected chi connectivity index (χ2v) is 4.74. The molecule has 0 saturated carbocycles. The fraction of sp³-hybridized carbons (Fsp3) is 0.250. The largest absolute Gasteiger partial charge is 0.494 e. The summed E-state index contributed by atoms with van der Waals surface area (Å²) in [5.74, 6) is -0.305. The number of nitrogen functional groups attached to an aromatic ring is 1. The van der Waals surface area contributed by atoms with Crippen LogP contribution >= 0.6 is 11.3 Å². The number of anilines is 2. The van der Waals surface area contributed by atoms with Crippen molar-refractivity contribution in [3.63, 3.8) is 0 Å². The van der Waals surface area contributed by atoms with Gasteiger partial charge < -0.3 is 15.8 Å². The van der Waals surface area contributed by atoms with E-state index in [-0.39, 0.29) is 11.8 Å². The summed E-state index contributed by atoms with van der Waals surface area (Å²) < 4.78 is 18.3. The quantitative estimate of drug-likeness (QED) is 0.836. The third-order valence-electron chi connectivity index (χ3n) is 2.52. The normalized spacial score (nSPS) is 12.2. The maximum absolute atomic E-state index is 13.4. The van der Waals surface area contributed by atoms with Crippen LogP contribution in [0.1, 0.15) is 18.0 Å². The number of nitrogens with zero attached hydrogens (tertiary/aromatic N) is 1. The smallest absolute Gasteiger partial charge is 0.167 e. The van der Waals surface area contributed by atoms with Gasteiger partial charge in [-0.15, -0.1) is 11.3 Å². The number of methoxy groups -OCH3 is 1. The van der Waals surface area contributed by atoms with Gasteiger partial charge in [-0.1, -0.05) is 0 Å². The number of nitrogens with two attached hydrogens (primary N) is 1. The molecule has 1 aromatic carbocycles. The zero-order valence-electron chi connectivity index (χ0n) is 10.1. The number of aromatic nitrogens is 1. The lowest BCUT2D eigenvalue weighted by Gasteiger charge is -2.16. The van der Waals surface area contributed by atoms with Gasteiger partial charge in [0.15, 0.2) is 11.6 Å². The highest BCUT2D eigenvalue weighted by molar-refractivity contribution is 7.09. The topological polar surface area (TPSA) is 60.2 Å². The van der Waals surface area contributed by atoms with E-state index in [1.165, 1.54) is 13.2 Å². The fourth-order valence-electron chi connectivity index (χ4n) is 1.59. The van der Waals surface area contributed by atoms with E-state index in [1.54, 1.807) is 23.6 Å². The monoisotopic (exact) mass is 267 g/mol. The van der Waals surface area contributed by atoms with Crippen molar-refractivity contribution in [2.24, 2.45) is 0 Å². The molecule has 0 amide bonds. The lowest BCUT2D eigenvalue weighted by atomic mass is 10.2. The number of thiazole rings is 1. The molecule has 0 aliphatic heterocycles. The van der Waals surface area contributed by atoms with Gasteiger partial charge in [0.2, 0.25) is 0 Å². The number of rotatable bonds is 4. The molecule has 18 heavy (non-hydrogen) atoms. The van der Waals surface area contributed by atoms with E-state index in [9.17, 15) is 4.39 Å². The highest BCUT2D eigenvalue weighted by atomic mass is 32.1. The van der Waals surface area contributed by atoms with Gasteiger partial charge in [-0.25, -0.2) is 9.37 Å². The molecule has 0 radical (unpaired) electrons. The van der Waals surface area contributed by atoms with Crippen molar-refractivity contribution in [1.29, 1.82) is 0 Å². The Bertz CT molecular complexity index is 530. The van der Waals surface area contributed by atoms with Crippen molar-refractivity contribution >= 4 is 22.7 Å². The van der Waals surface area contributed by atoms with Gasteiger partial charge in [-0.3, -0.25) is 0 Å². The zero-order chi connectivity index (χ0) is 13.1. The van der Waals surface area contributed by atoms with Crippen molar-refractivity contribution in [1.82, 2.24) is 4.98 Å². The van der Waals surface area contributed by atoms with Crippen molar-refractivity contribution in [3.8, 4) is 5.75 Å². The molecule has 1 heterocycles. The van der Waals surface area contributed by atoms with E-state index in [2.05, 4.69) is 10.3 Å².